The summed E-state index contributed by atoms with van der Waals surface area (Å²) in [6, 6.07) is 11.2. The SMILES string of the molecule is CCCc1noc(-c2cccc(CNC(=NC)NC3CCN(c4ncccc4F)C3)c2)n1. The summed E-state index contributed by atoms with van der Waals surface area (Å²) in [5, 5.41) is 10.8. The van der Waals surface area contributed by atoms with Gasteiger partial charge in [0.1, 0.15) is 0 Å². The lowest BCUT2D eigenvalue weighted by Crippen LogP contribution is -2.44. The predicted molar refractivity (Wildman–Crippen MR) is 122 cm³/mol. The van der Waals surface area contributed by atoms with Gasteiger partial charge in [-0.05, 0) is 42.7 Å². The number of hydrogen-bond donors (Lipinski definition) is 2. The molecule has 168 valence electrons. The number of pyridine rings is 1. The van der Waals surface area contributed by atoms with Crippen LogP contribution in [0.15, 0.2) is 52.1 Å². The van der Waals surface area contributed by atoms with Gasteiger partial charge >= 0.3 is 0 Å². The summed E-state index contributed by atoms with van der Waals surface area (Å²) < 4.78 is 19.4. The van der Waals surface area contributed by atoms with Crippen molar-refractivity contribution in [3.05, 3.63) is 59.8 Å². The van der Waals surface area contributed by atoms with Crippen molar-refractivity contribution < 1.29 is 8.91 Å². The number of aliphatic imine (C=N–C) groups is 1. The highest BCUT2D eigenvalue weighted by Crippen LogP contribution is 2.21. The number of aromatic nitrogens is 3. The first-order valence-corrected chi connectivity index (χ1v) is 10.9. The van der Waals surface area contributed by atoms with Gasteiger partial charge in [0.05, 0.1) is 0 Å². The van der Waals surface area contributed by atoms with Crippen LogP contribution in [-0.2, 0) is 13.0 Å². The Morgan fingerprint density at radius 2 is 2.22 bits per heavy atom. The molecule has 0 spiro atoms. The third-order valence-electron chi connectivity index (χ3n) is 5.37. The van der Waals surface area contributed by atoms with E-state index >= 15 is 0 Å². The van der Waals surface area contributed by atoms with Crippen LogP contribution in [0.5, 0.6) is 0 Å². The summed E-state index contributed by atoms with van der Waals surface area (Å²) in [5.74, 6) is 2.07. The number of hydrogen-bond acceptors (Lipinski definition) is 6. The first-order valence-electron chi connectivity index (χ1n) is 10.9. The number of anilines is 1. The van der Waals surface area contributed by atoms with Gasteiger partial charge in [-0.1, -0.05) is 24.2 Å². The molecule has 0 saturated carbocycles. The van der Waals surface area contributed by atoms with Crippen molar-refractivity contribution in [1.29, 1.82) is 0 Å². The van der Waals surface area contributed by atoms with Crippen LogP contribution in [0.4, 0.5) is 10.2 Å². The van der Waals surface area contributed by atoms with E-state index in [4.69, 9.17) is 4.52 Å². The van der Waals surface area contributed by atoms with Crippen LogP contribution in [0.1, 0.15) is 31.2 Å². The zero-order chi connectivity index (χ0) is 22.3. The van der Waals surface area contributed by atoms with Crippen molar-refractivity contribution in [2.24, 2.45) is 4.99 Å². The highest BCUT2D eigenvalue weighted by atomic mass is 19.1. The molecule has 2 N–H and O–H groups in total. The normalized spacial score (nSPS) is 16.4. The average molecular weight is 438 g/mol. The van der Waals surface area contributed by atoms with E-state index in [9.17, 15) is 4.39 Å². The van der Waals surface area contributed by atoms with Gasteiger partial charge in [-0.15, -0.1) is 0 Å². The highest BCUT2D eigenvalue weighted by molar-refractivity contribution is 5.80. The van der Waals surface area contributed by atoms with E-state index in [1.807, 2.05) is 29.2 Å². The van der Waals surface area contributed by atoms with Gasteiger partial charge in [0.15, 0.2) is 23.4 Å². The third-order valence-corrected chi connectivity index (χ3v) is 5.37. The lowest BCUT2D eigenvalue weighted by Gasteiger charge is -2.20. The zero-order valence-electron chi connectivity index (χ0n) is 18.4. The van der Waals surface area contributed by atoms with E-state index in [0.717, 1.165) is 42.8 Å². The van der Waals surface area contributed by atoms with Gasteiger partial charge < -0.3 is 20.1 Å². The van der Waals surface area contributed by atoms with Gasteiger partial charge in [0, 0.05) is 50.9 Å². The fraction of sp³-hybridized carbons (Fsp3) is 0.391. The highest BCUT2D eigenvalue weighted by Gasteiger charge is 2.25. The maximum atomic E-state index is 14.0. The summed E-state index contributed by atoms with van der Waals surface area (Å²) in [4.78, 5) is 14.9. The molecule has 0 aliphatic carbocycles. The average Bonchev–Trinajstić information content (AvgIpc) is 3.47. The van der Waals surface area contributed by atoms with Gasteiger partial charge in [0.25, 0.3) is 5.89 Å². The molecular weight excluding hydrogens is 409 g/mol. The van der Waals surface area contributed by atoms with Crippen molar-refractivity contribution in [3.63, 3.8) is 0 Å². The lowest BCUT2D eigenvalue weighted by molar-refractivity contribution is 0.422. The molecule has 3 aromatic rings. The van der Waals surface area contributed by atoms with E-state index in [2.05, 4.69) is 37.7 Å². The standard InChI is InChI=1S/C23H28FN7O/c1-3-6-20-29-22(32-30-20)17-8-4-7-16(13-17)14-27-23(25-2)28-18-10-12-31(15-18)21-19(24)9-5-11-26-21/h4-5,7-9,11,13,18H,3,6,10,12,14-15H2,1-2H3,(H2,25,27,28). The Morgan fingerprint density at radius 1 is 1.31 bits per heavy atom. The molecule has 2 aromatic heterocycles. The molecule has 1 saturated heterocycles. The first kappa shape index (κ1) is 21.7. The minimum atomic E-state index is -0.293. The van der Waals surface area contributed by atoms with Crippen LogP contribution in [-0.4, -0.2) is 47.3 Å². The second-order valence-corrected chi connectivity index (χ2v) is 7.78. The number of aryl methyl sites for hydroxylation is 1. The van der Waals surface area contributed by atoms with Crippen LogP contribution in [0.25, 0.3) is 11.5 Å². The Labute approximate surface area is 187 Å². The molecule has 1 unspecified atom stereocenters. The van der Waals surface area contributed by atoms with Crippen LogP contribution < -0.4 is 15.5 Å². The second-order valence-electron chi connectivity index (χ2n) is 7.78. The lowest BCUT2D eigenvalue weighted by atomic mass is 10.1. The van der Waals surface area contributed by atoms with E-state index < -0.39 is 0 Å². The number of halogens is 1. The molecular formula is C23H28FN7O. The Hall–Kier alpha value is -3.49. The topological polar surface area (TPSA) is 91.5 Å². The van der Waals surface area contributed by atoms with E-state index in [0.29, 0.717) is 30.8 Å². The first-order chi connectivity index (χ1) is 15.7. The van der Waals surface area contributed by atoms with Gasteiger partial charge in [0.2, 0.25) is 0 Å². The maximum Gasteiger partial charge on any atom is 0.257 e. The van der Waals surface area contributed by atoms with Crippen LogP contribution >= 0.6 is 0 Å². The van der Waals surface area contributed by atoms with Crippen molar-refractivity contribution in [2.45, 2.75) is 38.8 Å². The van der Waals surface area contributed by atoms with Crippen molar-refractivity contribution in [1.82, 2.24) is 25.8 Å². The fourth-order valence-electron chi connectivity index (χ4n) is 3.76. The van der Waals surface area contributed by atoms with E-state index in [-0.39, 0.29) is 11.9 Å². The largest absolute Gasteiger partial charge is 0.352 e. The Balaban J connectivity index is 1.32. The Morgan fingerprint density at radius 3 is 3.03 bits per heavy atom. The molecule has 1 fully saturated rings. The quantitative estimate of drug-likeness (QED) is 0.433. The third kappa shape index (κ3) is 5.22. The molecule has 0 amide bonds. The number of rotatable bonds is 7. The Kier molecular flexibility index (Phi) is 6.94. The second kappa shape index (κ2) is 10.2. The molecule has 32 heavy (non-hydrogen) atoms. The molecule has 9 heteroatoms. The van der Waals surface area contributed by atoms with Crippen LogP contribution in [0.2, 0.25) is 0 Å². The van der Waals surface area contributed by atoms with Crippen LogP contribution in [0.3, 0.4) is 0 Å². The van der Waals surface area contributed by atoms with Gasteiger partial charge in [-0.3, -0.25) is 4.99 Å². The molecule has 4 rings (SSSR count). The number of nitrogens with one attached hydrogen (secondary N) is 2. The summed E-state index contributed by atoms with van der Waals surface area (Å²) in [5.41, 5.74) is 1.97. The predicted octanol–water partition coefficient (Wildman–Crippen LogP) is 3.17. The summed E-state index contributed by atoms with van der Waals surface area (Å²) in [7, 11) is 1.74. The molecule has 1 aliphatic rings. The molecule has 1 atom stereocenters. The molecule has 1 aromatic carbocycles. The van der Waals surface area contributed by atoms with Crippen molar-refractivity contribution in [2.75, 3.05) is 25.0 Å². The summed E-state index contributed by atoms with van der Waals surface area (Å²) in [6.07, 6.45) is 4.28. The monoisotopic (exact) mass is 437 g/mol. The van der Waals surface area contributed by atoms with Crippen LogP contribution in [0, 0.1) is 5.82 Å². The number of guanidine groups is 1. The zero-order valence-corrected chi connectivity index (χ0v) is 18.4. The van der Waals surface area contributed by atoms with E-state index in [1.54, 1.807) is 19.3 Å². The molecule has 8 nitrogen and oxygen atoms in total. The molecule has 1 aliphatic heterocycles. The molecule has 3 heterocycles. The smallest absolute Gasteiger partial charge is 0.257 e. The summed E-state index contributed by atoms with van der Waals surface area (Å²) >= 11 is 0. The van der Waals surface area contributed by atoms with E-state index in [1.165, 1.54) is 6.07 Å². The fourth-order valence-corrected chi connectivity index (χ4v) is 3.76. The molecule has 0 bridgehead atoms. The number of nitrogens with zero attached hydrogens (tertiary/aromatic N) is 5. The van der Waals surface area contributed by atoms with Gasteiger partial charge in [-0.2, -0.15) is 4.98 Å². The summed E-state index contributed by atoms with van der Waals surface area (Å²) in [6.45, 7) is 4.09. The minimum Gasteiger partial charge on any atom is -0.352 e. The molecule has 0 radical (unpaired) electrons. The minimum absolute atomic E-state index is 0.157. The number of benzene rings is 1. The maximum absolute atomic E-state index is 14.0. The Bertz CT molecular complexity index is 1070. The van der Waals surface area contributed by atoms with Gasteiger partial charge in [-0.25, -0.2) is 9.37 Å². The van der Waals surface area contributed by atoms with Crippen molar-refractivity contribution in [3.8, 4) is 11.5 Å². The van der Waals surface area contributed by atoms with Crippen molar-refractivity contribution >= 4 is 11.8 Å².